The monoisotopic (exact) mass is 300 g/mol. The van der Waals surface area contributed by atoms with Crippen LogP contribution in [0.3, 0.4) is 0 Å². The van der Waals surface area contributed by atoms with E-state index < -0.39 is 11.7 Å². The normalized spacial score (nSPS) is 14.7. The lowest BCUT2D eigenvalue weighted by Crippen LogP contribution is -2.36. The second kappa shape index (κ2) is 6.58. The first-order chi connectivity index (χ1) is 10.7. The van der Waals surface area contributed by atoms with E-state index in [2.05, 4.69) is 10.2 Å². The number of benzene rings is 2. The van der Waals surface area contributed by atoms with Gasteiger partial charge in [-0.2, -0.15) is 0 Å². The highest BCUT2D eigenvalue weighted by Gasteiger charge is 2.14. The van der Waals surface area contributed by atoms with Crippen molar-refractivity contribution in [3.63, 3.8) is 0 Å². The number of amides is 1. The maximum absolute atomic E-state index is 13.6. The highest BCUT2D eigenvalue weighted by molar-refractivity contribution is 6.04. The van der Waals surface area contributed by atoms with E-state index in [0.717, 1.165) is 18.8 Å². The molecule has 114 valence electrons. The lowest BCUT2D eigenvalue weighted by atomic mass is 10.2. The summed E-state index contributed by atoms with van der Waals surface area (Å²) in [6.07, 6.45) is 0. The van der Waals surface area contributed by atoms with E-state index in [1.165, 1.54) is 12.1 Å². The number of carbonyl (C=O) groups excluding carboxylic acids is 1. The van der Waals surface area contributed by atoms with Crippen molar-refractivity contribution in [3.8, 4) is 0 Å². The molecule has 1 aliphatic rings. The van der Waals surface area contributed by atoms with Crippen molar-refractivity contribution in [2.45, 2.75) is 0 Å². The third kappa shape index (κ3) is 3.26. The third-order valence-electron chi connectivity index (χ3n) is 3.60. The Kier molecular flexibility index (Phi) is 4.34. The van der Waals surface area contributed by atoms with Gasteiger partial charge in [-0.3, -0.25) is 4.79 Å². The van der Waals surface area contributed by atoms with Crippen molar-refractivity contribution in [2.24, 2.45) is 0 Å². The average Bonchev–Trinajstić information content (AvgIpc) is 2.56. The van der Waals surface area contributed by atoms with Crippen molar-refractivity contribution in [1.29, 1.82) is 0 Å². The number of halogens is 1. The minimum Gasteiger partial charge on any atom is -0.378 e. The Balaban J connectivity index is 1.75. The summed E-state index contributed by atoms with van der Waals surface area (Å²) in [6, 6.07) is 13.5. The number of nitrogens with zero attached hydrogens (tertiary/aromatic N) is 1. The number of ether oxygens (including phenoxy) is 1. The lowest BCUT2D eigenvalue weighted by molar-refractivity contribution is 0.102. The molecule has 1 N–H and O–H groups in total. The van der Waals surface area contributed by atoms with Crippen LogP contribution in [-0.2, 0) is 4.74 Å². The summed E-state index contributed by atoms with van der Waals surface area (Å²) in [6.45, 7) is 3.05. The number of rotatable bonds is 3. The van der Waals surface area contributed by atoms with Gasteiger partial charge in [-0.05, 0) is 30.3 Å². The maximum Gasteiger partial charge on any atom is 0.258 e. The van der Waals surface area contributed by atoms with E-state index in [1.807, 2.05) is 18.2 Å². The van der Waals surface area contributed by atoms with Gasteiger partial charge in [0.15, 0.2) is 0 Å². The van der Waals surface area contributed by atoms with Gasteiger partial charge in [-0.15, -0.1) is 0 Å². The van der Waals surface area contributed by atoms with Crippen LogP contribution < -0.4 is 10.2 Å². The largest absolute Gasteiger partial charge is 0.378 e. The number of nitrogens with one attached hydrogen (secondary N) is 1. The minimum absolute atomic E-state index is 0.0410. The van der Waals surface area contributed by atoms with Gasteiger partial charge in [-0.1, -0.05) is 18.2 Å². The third-order valence-corrected chi connectivity index (χ3v) is 3.60. The fourth-order valence-electron chi connectivity index (χ4n) is 2.45. The van der Waals surface area contributed by atoms with Crippen LogP contribution in [0.15, 0.2) is 48.5 Å². The summed E-state index contributed by atoms with van der Waals surface area (Å²) >= 11 is 0. The van der Waals surface area contributed by atoms with E-state index in [9.17, 15) is 9.18 Å². The van der Waals surface area contributed by atoms with Gasteiger partial charge in [0.1, 0.15) is 5.82 Å². The first-order valence-corrected chi connectivity index (χ1v) is 7.23. The predicted octanol–water partition coefficient (Wildman–Crippen LogP) is 2.91. The highest BCUT2D eigenvalue weighted by atomic mass is 19.1. The molecule has 22 heavy (non-hydrogen) atoms. The van der Waals surface area contributed by atoms with Crippen LogP contribution in [0.1, 0.15) is 10.4 Å². The van der Waals surface area contributed by atoms with Crippen molar-refractivity contribution in [2.75, 3.05) is 36.5 Å². The standard InChI is InChI=1S/C17H17FN2O2/c18-16-7-2-1-6-15(16)17(21)19-13-4-3-5-14(12-13)20-8-10-22-11-9-20/h1-7,12H,8-11H2,(H,19,21). The smallest absolute Gasteiger partial charge is 0.258 e. The van der Waals surface area contributed by atoms with Crippen molar-refractivity contribution in [3.05, 3.63) is 59.9 Å². The van der Waals surface area contributed by atoms with Gasteiger partial charge in [0.05, 0.1) is 18.8 Å². The van der Waals surface area contributed by atoms with E-state index in [1.54, 1.807) is 18.2 Å². The molecule has 2 aromatic carbocycles. The van der Waals surface area contributed by atoms with Gasteiger partial charge >= 0.3 is 0 Å². The molecule has 1 aliphatic heterocycles. The fourth-order valence-corrected chi connectivity index (χ4v) is 2.45. The maximum atomic E-state index is 13.6. The number of anilines is 2. The van der Waals surface area contributed by atoms with Crippen LogP contribution in [0.4, 0.5) is 15.8 Å². The fraction of sp³-hybridized carbons (Fsp3) is 0.235. The van der Waals surface area contributed by atoms with E-state index >= 15 is 0 Å². The Morgan fingerprint density at radius 3 is 2.64 bits per heavy atom. The average molecular weight is 300 g/mol. The molecule has 1 saturated heterocycles. The molecule has 1 heterocycles. The summed E-state index contributed by atoms with van der Waals surface area (Å²) in [5, 5.41) is 2.74. The molecular formula is C17H17FN2O2. The Hall–Kier alpha value is -2.40. The molecule has 0 saturated carbocycles. The molecule has 5 heteroatoms. The number of hydrogen-bond acceptors (Lipinski definition) is 3. The molecule has 1 amide bonds. The van der Waals surface area contributed by atoms with E-state index in [4.69, 9.17) is 4.74 Å². The van der Waals surface area contributed by atoms with E-state index in [0.29, 0.717) is 18.9 Å². The molecule has 0 aliphatic carbocycles. The second-order valence-electron chi connectivity index (χ2n) is 5.08. The summed E-state index contributed by atoms with van der Waals surface area (Å²) in [7, 11) is 0. The molecule has 3 rings (SSSR count). The van der Waals surface area contributed by atoms with Crippen molar-refractivity contribution >= 4 is 17.3 Å². The topological polar surface area (TPSA) is 41.6 Å². The number of hydrogen-bond donors (Lipinski definition) is 1. The lowest BCUT2D eigenvalue weighted by Gasteiger charge is -2.29. The molecule has 0 aromatic heterocycles. The zero-order chi connectivity index (χ0) is 15.4. The molecule has 0 radical (unpaired) electrons. The zero-order valence-corrected chi connectivity index (χ0v) is 12.1. The van der Waals surface area contributed by atoms with Gasteiger partial charge in [0.25, 0.3) is 5.91 Å². The van der Waals surface area contributed by atoms with Crippen molar-refractivity contribution in [1.82, 2.24) is 0 Å². The number of carbonyl (C=O) groups is 1. The van der Waals surface area contributed by atoms with Gasteiger partial charge in [0, 0.05) is 24.5 Å². The van der Waals surface area contributed by atoms with Gasteiger partial charge in [-0.25, -0.2) is 4.39 Å². The minimum atomic E-state index is -0.524. The molecule has 0 spiro atoms. The first-order valence-electron chi connectivity index (χ1n) is 7.23. The molecular weight excluding hydrogens is 283 g/mol. The SMILES string of the molecule is O=C(Nc1cccc(N2CCOCC2)c1)c1ccccc1F. The molecule has 4 nitrogen and oxygen atoms in total. The van der Waals surface area contributed by atoms with Crippen LogP contribution in [0, 0.1) is 5.82 Å². The Morgan fingerprint density at radius 2 is 1.86 bits per heavy atom. The molecule has 0 unspecified atom stereocenters. The van der Waals surface area contributed by atoms with Crippen LogP contribution in [-0.4, -0.2) is 32.2 Å². The van der Waals surface area contributed by atoms with Crippen LogP contribution in [0.25, 0.3) is 0 Å². The number of morpholine rings is 1. The summed E-state index contributed by atoms with van der Waals surface area (Å²) in [4.78, 5) is 14.3. The van der Waals surface area contributed by atoms with Gasteiger partial charge in [0.2, 0.25) is 0 Å². The Morgan fingerprint density at radius 1 is 1.09 bits per heavy atom. The van der Waals surface area contributed by atoms with Crippen LogP contribution >= 0.6 is 0 Å². The van der Waals surface area contributed by atoms with Crippen LogP contribution in [0.2, 0.25) is 0 Å². The highest BCUT2D eigenvalue weighted by Crippen LogP contribution is 2.21. The summed E-state index contributed by atoms with van der Waals surface area (Å²) < 4.78 is 19.0. The quantitative estimate of drug-likeness (QED) is 0.947. The molecule has 0 atom stereocenters. The van der Waals surface area contributed by atoms with Gasteiger partial charge < -0.3 is 15.0 Å². The van der Waals surface area contributed by atoms with E-state index in [-0.39, 0.29) is 5.56 Å². The molecule has 1 fully saturated rings. The summed E-state index contributed by atoms with van der Waals surface area (Å²) in [5.74, 6) is -0.971. The first kappa shape index (κ1) is 14.5. The Bertz CT molecular complexity index is 669. The Labute approximate surface area is 128 Å². The molecule has 0 bridgehead atoms. The predicted molar refractivity (Wildman–Crippen MR) is 83.8 cm³/mol. The van der Waals surface area contributed by atoms with Crippen LogP contribution in [0.5, 0.6) is 0 Å². The molecule has 2 aromatic rings. The van der Waals surface area contributed by atoms with Crippen molar-refractivity contribution < 1.29 is 13.9 Å². The summed E-state index contributed by atoms with van der Waals surface area (Å²) in [5.41, 5.74) is 1.71. The zero-order valence-electron chi connectivity index (χ0n) is 12.1. The second-order valence-corrected chi connectivity index (χ2v) is 5.08.